The molecule has 0 atom stereocenters. The molecule has 0 saturated heterocycles. The summed E-state index contributed by atoms with van der Waals surface area (Å²) in [5.74, 6) is 5.28. The zero-order valence-electron chi connectivity index (χ0n) is 29.4. The van der Waals surface area contributed by atoms with Crippen LogP contribution < -0.4 is 0 Å². The van der Waals surface area contributed by atoms with Crippen LogP contribution in [-0.2, 0) is 5.41 Å². The minimum Gasteiger partial charge on any atom is -0.208 e. The molecule has 0 N–H and O–H groups in total. The Morgan fingerprint density at radius 3 is 1.89 bits per heavy atom. The molecule has 254 valence electrons. The van der Waals surface area contributed by atoms with Gasteiger partial charge < -0.3 is 0 Å². The first kappa shape index (κ1) is 30.1. The van der Waals surface area contributed by atoms with E-state index in [0.29, 0.717) is 23.5 Å². The van der Waals surface area contributed by atoms with Crippen molar-refractivity contribution in [2.45, 2.75) is 37.5 Å². The number of rotatable bonds is 4. The molecule has 2 heterocycles. The lowest BCUT2D eigenvalue weighted by Gasteiger charge is -2.61. The molecule has 1 spiro atoms. The molecule has 13 rings (SSSR count). The minimum absolute atomic E-state index is 0.0115. The van der Waals surface area contributed by atoms with E-state index in [2.05, 4.69) is 140 Å². The fourth-order valence-electron chi connectivity index (χ4n) is 11.6. The zero-order chi connectivity index (χ0) is 34.7. The van der Waals surface area contributed by atoms with Gasteiger partial charge in [0.1, 0.15) is 0 Å². The van der Waals surface area contributed by atoms with E-state index in [1.165, 1.54) is 85.7 Å². The lowest BCUT2D eigenvalue weighted by atomic mass is 9.43. The van der Waals surface area contributed by atoms with Gasteiger partial charge in [-0.1, -0.05) is 121 Å². The Morgan fingerprint density at radius 2 is 1.04 bits per heavy atom. The smallest absolute Gasteiger partial charge is 0.164 e. The summed E-state index contributed by atoms with van der Waals surface area (Å²) in [4.78, 5) is 16.0. The summed E-state index contributed by atoms with van der Waals surface area (Å²) < 4.78 is 2.62. The van der Waals surface area contributed by atoms with Gasteiger partial charge in [-0.15, -0.1) is 11.3 Å². The van der Waals surface area contributed by atoms with Crippen LogP contribution in [-0.4, -0.2) is 15.0 Å². The number of fused-ring (bicyclic) bond motifs is 6. The van der Waals surface area contributed by atoms with Crippen LogP contribution in [0.2, 0.25) is 0 Å². The average Bonchev–Trinajstić information content (AvgIpc) is 3.74. The van der Waals surface area contributed by atoms with Crippen molar-refractivity contribution >= 4 is 31.5 Å². The topological polar surface area (TPSA) is 38.7 Å². The van der Waals surface area contributed by atoms with Gasteiger partial charge in [0.25, 0.3) is 0 Å². The Bertz CT molecular complexity index is 2730. The van der Waals surface area contributed by atoms with Crippen molar-refractivity contribution in [2.75, 3.05) is 0 Å². The first-order valence-corrected chi connectivity index (χ1v) is 20.1. The Labute approximate surface area is 313 Å². The number of thiophene rings is 1. The SMILES string of the molecule is c1ccc(-c2nc(-c3cccc(-c4cccc5sc6ccccc6c45)c3)nc(-c3cccc4c3C3(c5ccccc5-4)C4CC5CC(C4)CC3C5)n2)cc1. The first-order chi connectivity index (χ1) is 26.2. The molecule has 4 saturated carbocycles. The maximum absolute atomic E-state index is 5.45. The van der Waals surface area contributed by atoms with E-state index in [9.17, 15) is 0 Å². The number of benzene rings is 6. The maximum atomic E-state index is 5.45. The predicted octanol–water partition coefficient (Wildman–Crippen LogP) is 12.6. The number of hydrogen-bond acceptors (Lipinski definition) is 4. The van der Waals surface area contributed by atoms with E-state index in [-0.39, 0.29) is 5.41 Å². The second-order valence-corrected chi connectivity index (χ2v) is 17.1. The lowest BCUT2D eigenvalue weighted by Crippen LogP contribution is -2.55. The molecule has 8 aromatic rings. The minimum atomic E-state index is 0.0115. The van der Waals surface area contributed by atoms with Gasteiger partial charge >= 0.3 is 0 Å². The van der Waals surface area contributed by atoms with Gasteiger partial charge in [-0.25, -0.2) is 15.0 Å². The third-order valence-electron chi connectivity index (χ3n) is 13.3. The Hall–Kier alpha value is -5.45. The fraction of sp³-hybridized carbons (Fsp3) is 0.204. The summed E-state index contributed by atoms with van der Waals surface area (Å²) in [5, 5.41) is 2.62. The van der Waals surface area contributed by atoms with Gasteiger partial charge in [-0.05, 0) is 107 Å². The van der Waals surface area contributed by atoms with Crippen LogP contribution in [0.4, 0.5) is 0 Å². The largest absolute Gasteiger partial charge is 0.208 e. The standard InChI is InChI=1S/C49H37N3S/c1-2-11-31(12-3-1)46-50-47(33-14-8-13-32(28-33)36-17-10-22-43-44(36)39-16-5-7-21-42(39)53-43)52-48(51-46)40-19-9-18-38-37-15-4-6-20-41(37)49(45(38)40)34-24-29-23-30(26-34)27-35(49)25-29/h1-22,28-30,34-35H,23-27H2. The molecular weight excluding hydrogens is 663 g/mol. The quantitative estimate of drug-likeness (QED) is 0.184. The van der Waals surface area contributed by atoms with Gasteiger partial charge in [0.15, 0.2) is 17.5 Å². The van der Waals surface area contributed by atoms with Crippen molar-refractivity contribution in [1.29, 1.82) is 0 Å². The molecule has 6 aromatic carbocycles. The normalized spacial score (nSPS) is 23.5. The molecule has 0 aliphatic heterocycles. The summed E-state index contributed by atoms with van der Waals surface area (Å²) in [6.07, 6.45) is 6.79. The van der Waals surface area contributed by atoms with E-state index < -0.39 is 0 Å². The summed E-state index contributed by atoms with van der Waals surface area (Å²) in [6, 6.07) is 50.9. The molecule has 0 amide bonds. The molecule has 53 heavy (non-hydrogen) atoms. The van der Waals surface area contributed by atoms with Crippen LogP contribution in [0.3, 0.4) is 0 Å². The molecule has 4 bridgehead atoms. The van der Waals surface area contributed by atoms with Crippen molar-refractivity contribution in [1.82, 2.24) is 15.0 Å². The highest BCUT2D eigenvalue weighted by atomic mass is 32.1. The third-order valence-corrected chi connectivity index (χ3v) is 14.4. The molecule has 5 aliphatic rings. The van der Waals surface area contributed by atoms with Crippen molar-refractivity contribution in [3.63, 3.8) is 0 Å². The Balaban J connectivity index is 1.07. The van der Waals surface area contributed by atoms with Crippen molar-refractivity contribution < 1.29 is 0 Å². The second-order valence-electron chi connectivity index (χ2n) is 16.0. The van der Waals surface area contributed by atoms with Crippen LogP contribution in [0.5, 0.6) is 0 Å². The van der Waals surface area contributed by atoms with Crippen molar-refractivity contribution in [3.8, 4) is 56.4 Å². The summed E-state index contributed by atoms with van der Waals surface area (Å²) in [5.41, 5.74) is 11.4. The van der Waals surface area contributed by atoms with Gasteiger partial charge in [-0.2, -0.15) is 0 Å². The third kappa shape index (κ3) is 4.30. The predicted molar refractivity (Wildman–Crippen MR) is 218 cm³/mol. The number of hydrogen-bond donors (Lipinski definition) is 0. The maximum Gasteiger partial charge on any atom is 0.164 e. The van der Waals surface area contributed by atoms with E-state index in [4.69, 9.17) is 15.0 Å². The fourth-order valence-corrected chi connectivity index (χ4v) is 12.7. The zero-order valence-corrected chi connectivity index (χ0v) is 30.2. The van der Waals surface area contributed by atoms with Crippen LogP contribution >= 0.6 is 11.3 Å². The Kier molecular flexibility index (Phi) is 6.39. The van der Waals surface area contributed by atoms with Crippen LogP contribution in [0.1, 0.15) is 43.2 Å². The van der Waals surface area contributed by atoms with E-state index in [0.717, 1.165) is 28.8 Å². The van der Waals surface area contributed by atoms with Crippen LogP contribution in [0.15, 0.2) is 140 Å². The highest BCUT2D eigenvalue weighted by Gasteiger charge is 2.62. The Morgan fingerprint density at radius 1 is 0.453 bits per heavy atom. The molecule has 2 aromatic heterocycles. The van der Waals surface area contributed by atoms with Crippen LogP contribution in [0, 0.1) is 23.7 Å². The van der Waals surface area contributed by atoms with Crippen molar-refractivity contribution in [3.05, 3.63) is 151 Å². The number of nitrogens with zero attached hydrogens (tertiary/aromatic N) is 3. The molecule has 0 unspecified atom stereocenters. The van der Waals surface area contributed by atoms with E-state index in [1.807, 2.05) is 11.3 Å². The summed E-state index contributed by atoms with van der Waals surface area (Å²) in [7, 11) is 0. The van der Waals surface area contributed by atoms with Gasteiger partial charge in [0.2, 0.25) is 0 Å². The van der Waals surface area contributed by atoms with Crippen LogP contribution in [0.25, 0.3) is 76.6 Å². The van der Waals surface area contributed by atoms with E-state index in [1.54, 1.807) is 5.56 Å². The molecule has 4 fully saturated rings. The average molecular weight is 700 g/mol. The molecule has 4 heteroatoms. The second kappa shape index (κ2) is 11.3. The molecule has 5 aliphatic carbocycles. The van der Waals surface area contributed by atoms with Gasteiger partial charge in [-0.3, -0.25) is 0 Å². The lowest BCUT2D eigenvalue weighted by molar-refractivity contribution is -0.0397. The molecule has 0 radical (unpaired) electrons. The summed E-state index contributed by atoms with van der Waals surface area (Å²) in [6.45, 7) is 0. The van der Waals surface area contributed by atoms with Crippen molar-refractivity contribution in [2.24, 2.45) is 23.7 Å². The first-order valence-electron chi connectivity index (χ1n) is 19.3. The molecule has 3 nitrogen and oxygen atoms in total. The van der Waals surface area contributed by atoms with Gasteiger partial charge in [0.05, 0.1) is 0 Å². The summed E-state index contributed by atoms with van der Waals surface area (Å²) >= 11 is 1.86. The highest BCUT2D eigenvalue weighted by Crippen LogP contribution is 2.70. The number of aromatic nitrogens is 3. The monoisotopic (exact) mass is 699 g/mol. The molecular formula is C49H37N3S. The highest BCUT2D eigenvalue weighted by molar-refractivity contribution is 7.25. The van der Waals surface area contributed by atoms with Gasteiger partial charge in [0, 0.05) is 42.3 Å². The van der Waals surface area contributed by atoms with E-state index >= 15 is 0 Å².